The molecule has 0 aliphatic carbocycles. The highest BCUT2D eigenvalue weighted by molar-refractivity contribution is 6.22. The smallest absolute Gasteiger partial charge is 0.335 e. The van der Waals surface area contributed by atoms with Gasteiger partial charge in [-0.3, -0.25) is 13.7 Å². The number of carbonyl (C=O) groups excluding carboxylic acids is 3. The molecular formula is C57H30F3N9O6. The number of rotatable bonds is 12. The number of halogens is 3. The van der Waals surface area contributed by atoms with Crippen LogP contribution in [-0.2, 0) is 14.4 Å². The normalized spacial score (nSPS) is 10.9. The molecule has 7 aromatic carbocycles. The molecule has 0 atom stereocenters. The van der Waals surface area contributed by atoms with E-state index in [1.807, 2.05) is 12.1 Å². The zero-order chi connectivity index (χ0) is 52.7. The Kier molecular flexibility index (Phi) is 12.2. The first-order valence-corrected chi connectivity index (χ1v) is 22.2. The van der Waals surface area contributed by atoms with E-state index >= 15 is 13.2 Å². The fourth-order valence-electron chi connectivity index (χ4n) is 8.46. The lowest BCUT2D eigenvalue weighted by molar-refractivity contribution is -0.129. The molecule has 360 valence electrons. The highest BCUT2D eigenvalue weighted by atomic mass is 19.1. The summed E-state index contributed by atoms with van der Waals surface area (Å²) in [5.74, 6) is -4.56. The number of fused-ring (bicyclic) bond motifs is 6. The van der Waals surface area contributed by atoms with Crippen LogP contribution in [0.4, 0.5) is 18.9 Å². The Labute approximate surface area is 422 Å². The number of nitrogens with zero attached hydrogens (tertiary/aromatic N) is 9. The van der Waals surface area contributed by atoms with Gasteiger partial charge < -0.3 is 14.2 Å². The van der Waals surface area contributed by atoms with Crippen LogP contribution in [0, 0.1) is 46.7 Å². The number of esters is 3. The summed E-state index contributed by atoms with van der Waals surface area (Å²) in [5, 5.41) is 19.5. The standard InChI is InChI=1S/C57H30F3N9O6/c1-5-46(70)73-37-17-11-34(12-18-37)67-52-49-53(68(35-13-19-38(20-14-35)74-47(71)6-2)55(64-49)40-23-8-31(29-61)26-43(40)58)51-54(50(52)65-56(67)41-24-9-32(30-62)27-44(41)59)69(36-15-21-39(22-16-36)75-48(72)7-3)57(66-51)42-25-10-33(63-4)28-45(42)60/h5-28H,1-3H2. The average Bonchev–Trinajstić information content (AvgIpc) is 4.20. The third-order valence-corrected chi connectivity index (χ3v) is 11.7. The average molecular weight is 994 g/mol. The van der Waals surface area contributed by atoms with E-state index < -0.39 is 35.4 Å². The van der Waals surface area contributed by atoms with Gasteiger partial charge in [-0.2, -0.15) is 10.5 Å². The summed E-state index contributed by atoms with van der Waals surface area (Å²) >= 11 is 0. The van der Waals surface area contributed by atoms with Crippen LogP contribution in [0.2, 0.25) is 0 Å². The minimum Gasteiger partial charge on any atom is -0.423 e. The molecule has 10 aromatic rings. The number of benzene rings is 7. The van der Waals surface area contributed by atoms with E-state index in [0.29, 0.717) is 17.1 Å². The van der Waals surface area contributed by atoms with Crippen LogP contribution in [0.3, 0.4) is 0 Å². The summed E-state index contributed by atoms with van der Waals surface area (Å²) in [4.78, 5) is 55.8. The van der Waals surface area contributed by atoms with E-state index in [9.17, 15) is 24.9 Å². The van der Waals surface area contributed by atoms with Crippen molar-refractivity contribution in [3.63, 3.8) is 0 Å². The zero-order valence-corrected chi connectivity index (χ0v) is 38.6. The first-order chi connectivity index (χ1) is 36.4. The van der Waals surface area contributed by atoms with Crippen LogP contribution in [0.5, 0.6) is 17.2 Å². The van der Waals surface area contributed by atoms with Crippen LogP contribution in [0.15, 0.2) is 165 Å². The molecule has 0 fully saturated rings. The molecule has 0 saturated carbocycles. The van der Waals surface area contributed by atoms with Crippen molar-refractivity contribution in [1.29, 1.82) is 10.5 Å². The Hall–Kier alpha value is -11.2. The van der Waals surface area contributed by atoms with E-state index in [0.717, 1.165) is 36.4 Å². The van der Waals surface area contributed by atoms with Gasteiger partial charge in [0, 0.05) is 35.3 Å². The van der Waals surface area contributed by atoms with Gasteiger partial charge in [0.1, 0.15) is 85.3 Å². The molecule has 0 N–H and O–H groups in total. The van der Waals surface area contributed by atoms with Crippen molar-refractivity contribution in [3.05, 3.63) is 205 Å². The molecule has 0 amide bonds. The zero-order valence-electron chi connectivity index (χ0n) is 38.6. The van der Waals surface area contributed by atoms with E-state index in [4.69, 9.17) is 35.7 Å². The molecule has 3 heterocycles. The Morgan fingerprint density at radius 1 is 0.493 bits per heavy atom. The van der Waals surface area contributed by atoms with Crippen LogP contribution in [0.25, 0.3) is 89.2 Å². The fourth-order valence-corrected chi connectivity index (χ4v) is 8.46. The highest BCUT2D eigenvalue weighted by Crippen LogP contribution is 2.45. The molecule has 18 heteroatoms. The Morgan fingerprint density at radius 3 is 1.07 bits per heavy atom. The number of hydrogen-bond donors (Lipinski definition) is 0. The summed E-state index contributed by atoms with van der Waals surface area (Å²) in [7, 11) is 0. The monoisotopic (exact) mass is 993 g/mol. The predicted molar refractivity (Wildman–Crippen MR) is 270 cm³/mol. The van der Waals surface area contributed by atoms with Gasteiger partial charge in [-0.25, -0.2) is 47.4 Å². The second-order valence-electron chi connectivity index (χ2n) is 16.2. The van der Waals surface area contributed by atoms with E-state index in [1.54, 1.807) is 50.1 Å². The first-order valence-electron chi connectivity index (χ1n) is 22.2. The summed E-state index contributed by atoms with van der Waals surface area (Å²) < 4.78 is 70.9. The lowest BCUT2D eigenvalue weighted by atomic mass is 10.1. The Balaban J connectivity index is 1.45. The van der Waals surface area contributed by atoms with Crippen molar-refractivity contribution in [2.75, 3.05) is 0 Å². The lowest BCUT2D eigenvalue weighted by Crippen LogP contribution is -2.04. The summed E-state index contributed by atoms with van der Waals surface area (Å²) in [6.07, 6.45) is 2.96. The van der Waals surface area contributed by atoms with E-state index in [1.165, 1.54) is 72.8 Å². The number of hydrogen-bond acceptors (Lipinski definition) is 11. The first kappa shape index (κ1) is 47.5. The van der Waals surface area contributed by atoms with Gasteiger partial charge in [0.2, 0.25) is 0 Å². The van der Waals surface area contributed by atoms with Crippen molar-refractivity contribution in [3.8, 4) is 80.6 Å². The number of ether oxygens (including phenoxy) is 3. The van der Waals surface area contributed by atoms with Crippen molar-refractivity contribution in [2.24, 2.45) is 0 Å². The third kappa shape index (κ3) is 8.46. The topological polar surface area (TPSA) is 184 Å². The number of imidazole rings is 3. The van der Waals surface area contributed by atoms with Gasteiger partial charge in [0.15, 0.2) is 5.69 Å². The van der Waals surface area contributed by atoms with E-state index in [2.05, 4.69) is 24.6 Å². The number of aromatic nitrogens is 6. The van der Waals surface area contributed by atoms with Crippen molar-refractivity contribution in [1.82, 2.24) is 28.7 Å². The summed E-state index contributed by atoms with van der Waals surface area (Å²) in [5.41, 5.74) is 1.24. The fraction of sp³-hybridized carbons (Fsp3) is 0. The molecule has 0 aliphatic heterocycles. The lowest BCUT2D eigenvalue weighted by Gasteiger charge is -2.13. The molecule has 0 unspecified atom stereocenters. The molecule has 75 heavy (non-hydrogen) atoms. The van der Waals surface area contributed by atoms with Crippen LogP contribution >= 0.6 is 0 Å². The molecule has 15 nitrogen and oxygen atoms in total. The van der Waals surface area contributed by atoms with Crippen molar-refractivity contribution < 1.29 is 41.8 Å². The minimum atomic E-state index is -0.849. The molecule has 0 spiro atoms. The molecule has 10 rings (SSSR count). The largest absolute Gasteiger partial charge is 0.423 e. The Bertz CT molecular complexity index is 3770. The summed E-state index contributed by atoms with van der Waals surface area (Å²) in [6, 6.07) is 33.6. The number of carbonyl (C=O) groups is 3. The molecule has 0 radical (unpaired) electrons. The highest BCUT2D eigenvalue weighted by Gasteiger charge is 2.32. The van der Waals surface area contributed by atoms with Crippen molar-refractivity contribution in [2.45, 2.75) is 0 Å². The van der Waals surface area contributed by atoms with Gasteiger partial charge in [-0.05, 0) is 115 Å². The van der Waals surface area contributed by atoms with Gasteiger partial charge in [-0.15, -0.1) is 0 Å². The van der Waals surface area contributed by atoms with Crippen LogP contribution in [-0.4, -0.2) is 46.6 Å². The van der Waals surface area contributed by atoms with Gasteiger partial charge in [-0.1, -0.05) is 31.9 Å². The molecule has 3 aromatic heterocycles. The maximum absolute atomic E-state index is 16.7. The van der Waals surface area contributed by atoms with E-state index in [-0.39, 0.29) is 101 Å². The van der Waals surface area contributed by atoms with Gasteiger partial charge >= 0.3 is 17.9 Å². The molecule has 0 aliphatic rings. The molecule has 0 saturated heterocycles. The maximum Gasteiger partial charge on any atom is 0.335 e. The second-order valence-corrected chi connectivity index (χ2v) is 16.2. The SMILES string of the molecule is [C-]#[N+]c1ccc(-c2nc3c4c(nc(-c5ccc(C#N)cc5F)n4-c4ccc(OC(=O)C=C)cc4)c4c(nc(-c5ccc(C#N)cc5F)n4-c4ccc(OC(=O)C=C)cc4)c3n2-c2ccc(OC(=O)C=C)cc2)c(F)c1. The quantitative estimate of drug-likeness (QED) is 0.0491. The second kappa shape index (κ2) is 19.2. The maximum atomic E-state index is 16.7. The van der Waals surface area contributed by atoms with Gasteiger partial charge in [0.25, 0.3) is 0 Å². The molecule has 0 bridgehead atoms. The predicted octanol–water partition coefficient (Wildman–Crippen LogP) is 11.7. The molecular weight excluding hydrogens is 964 g/mol. The number of nitriles is 2. The third-order valence-electron chi connectivity index (χ3n) is 11.7. The van der Waals surface area contributed by atoms with Gasteiger partial charge in [0.05, 0.1) is 46.5 Å². The summed E-state index contributed by atoms with van der Waals surface area (Å²) in [6.45, 7) is 18.0. The van der Waals surface area contributed by atoms with Crippen LogP contribution in [0.1, 0.15) is 11.1 Å². The van der Waals surface area contributed by atoms with Crippen LogP contribution < -0.4 is 14.2 Å². The van der Waals surface area contributed by atoms with Crippen molar-refractivity contribution >= 4 is 56.7 Å². The Morgan fingerprint density at radius 2 is 0.800 bits per heavy atom. The minimum absolute atomic E-state index is 0.00591.